The van der Waals surface area contributed by atoms with Gasteiger partial charge in [0.15, 0.2) is 0 Å². The van der Waals surface area contributed by atoms with Crippen LogP contribution in [-0.4, -0.2) is 11.3 Å². The van der Waals surface area contributed by atoms with Gasteiger partial charge in [-0.1, -0.05) is 347 Å². The molecule has 4 heteroatoms. The van der Waals surface area contributed by atoms with Crippen molar-refractivity contribution in [1.82, 2.24) is 4.57 Å². The fourth-order valence-electron chi connectivity index (χ4n) is 18.3. The zero-order valence-corrected chi connectivity index (χ0v) is 63.9. The molecule has 111 heavy (non-hydrogen) atoms. The molecule has 3 nitrogen and oxygen atoms in total. The van der Waals surface area contributed by atoms with Crippen LogP contribution in [0.5, 0.6) is 0 Å². The highest BCUT2D eigenvalue weighted by atomic mass is 15.2. The highest BCUT2D eigenvalue weighted by molar-refractivity contribution is 7.00. The third-order valence-electron chi connectivity index (χ3n) is 23.7. The third-order valence-corrected chi connectivity index (χ3v) is 23.7. The molecular weight excluding hydrogens is 1340 g/mol. The number of aromatic nitrogens is 1. The van der Waals surface area contributed by atoms with Crippen molar-refractivity contribution >= 4 is 89.8 Å². The van der Waals surface area contributed by atoms with Gasteiger partial charge in [0.1, 0.15) is 0 Å². The molecule has 20 rings (SSSR count). The van der Waals surface area contributed by atoms with E-state index in [1.807, 2.05) is 6.07 Å². The van der Waals surface area contributed by atoms with Crippen LogP contribution in [-0.2, 0) is 21.7 Å². The van der Waals surface area contributed by atoms with Gasteiger partial charge >= 0.3 is 0 Å². The summed E-state index contributed by atoms with van der Waals surface area (Å²) in [5.41, 5.74) is 27.9. The number of nitrogens with zero attached hydrogens (tertiary/aromatic N) is 3. The van der Waals surface area contributed by atoms with Crippen molar-refractivity contribution < 1.29 is 11.0 Å². The highest BCUT2D eigenvalue weighted by Gasteiger charge is 2.50. The van der Waals surface area contributed by atoms with Crippen LogP contribution in [0.3, 0.4) is 0 Å². The molecule has 1 aliphatic carbocycles. The Morgan fingerprint density at radius 2 is 0.730 bits per heavy atom. The van der Waals surface area contributed by atoms with Gasteiger partial charge in [-0.25, -0.2) is 0 Å². The van der Waals surface area contributed by atoms with Gasteiger partial charge in [0.2, 0.25) is 0 Å². The maximum atomic E-state index is 9.95. The van der Waals surface area contributed by atoms with E-state index in [2.05, 4.69) is 375 Å². The van der Waals surface area contributed by atoms with E-state index in [4.69, 9.17) is 2.74 Å². The molecule has 0 saturated heterocycles. The van der Waals surface area contributed by atoms with E-state index in [0.29, 0.717) is 5.69 Å². The monoisotopic (exact) mass is 1430 g/mol. The summed E-state index contributed by atoms with van der Waals surface area (Å²) in [6.45, 7) is 20.1. The Morgan fingerprint density at radius 1 is 0.306 bits per heavy atom. The van der Waals surface area contributed by atoms with Crippen LogP contribution in [0.15, 0.2) is 358 Å². The lowest BCUT2D eigenvalue weighted by molar-refractivity contribution is 0.590. The number of benzene rings is 16. The molecule has 0 radical (unpaired) electrons. The average Bonchev–Trinajstić information content (AvgIpc) is 1.64. The number of hydrogen-bond acceptors (Lipinski definition) is 2. The molecular formula is C107H86BN3. The predicted octanol–water partition coefficient (Wildman–Crippen LogP) is 26.6. The summed E-state index contributed by atoms with van der Waals surface area (Å²) in [6, 6.07) is 111. The third kappa shape index (κ3) is 10.8. The molecule has 16 aromatic carbocycles. The number of fused-ring (bicyclic) bond motifs is 11. The van der Waals surface area contributed by atoms with Crippen molar-refractivity contribution in [3.05, 3.63) is 397 Å². The fraction of sp³-hybridized carbons (Fsp3) is 0.121. The van der Waals surface area contributed by atoms with Crippen LogP contribution in [0.1, 0.15) is 112 Å². The van der Waals surface area contributed by atoms with Gasteiger partial charge in [-0.3, -0.25) is 0 Å². The van der Waals surface area contributed by atoms with E-state index in [-0.39, 0.29) is 44.7 Å². The first-order valence-electron chi connectivity index (χ1n) is 42.8. The topological polar surface area (TPSA) is 11.4 Å². The molecule has 0 fully saturated rings. The summed E-state index contributed by atoms with van der Waals surface area (Å²) >= 11 is 0. The summed E-state index contributed by atoms with van der Waals surface area (Å²) in [5, 5.41) is 2.35. The summed E-state index contributed by atoms with van der Waals surface area (Å²) in [4.78, 5) is 5.12. The molecule has 3 heterocycles. The van der Waals surface area contributed by atoms with E-state index < -0.39 is 53.8 Å². The smallest absolute Gasteiger partial charge is 0.252 e. The fourth-order valence-corrected chi connectivity index (χ4v) is 18.3. The van der Waals surface area contributed by atoms with Gasteiger partial charge in [-0.05, 0) is 200 Å². The van der Waals surface area contributed by atoms with Gasteiger partial charge < -0.3 is 14.4 Å². The molecule has 1 unspecified atom stereocenters. The van der Waals surface area contributed by atoms with Crippen LogP contribution < -0.4 is 26.2 Å². The van der Waals surface area contributed by atoms with Crippen molar-refractivity contribution in [3.63, 3.8) is 0 Å². The Hall–Kier alpha value is -12.8. The van der Waals surface area contributed by atoms with Gasteiger partial charge in [0.25, 0.3) is 6.71 Å². The molecule has 0 saturated carbocycles. The second-order valence-corrected chi connectivity index (χ2v) is 33.3. The van der Waals surface area contributed by atoms with Crippen molar-refractivity contribution in [2.24, 2.45) is 0 Å². The van der Waals surface area contributed by atoms with Crippen LogP contribution in [0.25, 0.3) is 105 Å². The molecule has 0 bridgehead atoms. The maximum Gasteiger partial charge on any atom is 0.252 e. The quantitative estimate of drug-likeness (QED) is 0.126. The van der Waals surface area contributed by atoms with Crippen molar-refractivity contribution in [2.75, 3.05) is 9.80 Å². The normalized spacial score (nSPS) is 15.3. The number of hydrogen-bond donors (Lipinski definition) is 0. The number of para-hydroxylation sites is 2. The lowest BCUT2D eigenvalue weighted by Crippen LogP contribution is -2.61. The molecule has 0 amide bonds. The minimum absolute atomic E-state index is 0.0106. The SMILES string of the molecule is [2H]c1c([2H])c([2H])c2c(c1[2H])c1c([2H])c([2H])c([2H])c([2H])c1n2-c1ccc2c(c1)N(c1c(-c3ccccc3)cc(C(C)(C)C)cc1-c1ccccc1)c1cc(C(C)(C)C)cc3c1B2c1ccc(-c2cccc4c2C(c2ccccc2)(c2ccc5ccccc5c2)c2ccccc2-4)cc1N3c1c(-c2ccccc2)cc(C(C)(C)C)cc1-c1ccccc1. The molecule has 0 spiro atoms. The van der Waals surface area contributed by atoms with Gasteiger partial charge in [0.05, 0.1) is 38.8 Å². The van der Waals surface area contributed by atoms with Crippen LogP contribution in [0.4, 0.5) is 34.1 Å². The van der Waals surface area contributed by atoms with Crippen molar-refractivity contribution in [2.45, 2.75) is 84.0 Å². The van der Waals surface area contributed by atoms with Crippen molar-refractivity contribution in [1.29, 1.82) is 0 Å². The Bertz CT molecular complexity index is 6890. The molecule has 1 aromatic heterocycles. The molecule has 1 atom stereocenters. The summed E-state index contributed by atoms with van der Waals surface area (Å²) < 4.78 is 78.0. The van der Waals surface area contributed by atoms with E-state index >= 15 is 0 Å². The van der Waals surface area contributed by atoms with Crippen molar-refractivity contribution in [3.8, 4) is 72.4 Å². The Balaban J connectivity index is 0.979. The Kier molecular flexibility index (Phi) is 13.7. The number of rotatable bonds is 10. The van der Waals surface area contributed by atoms with Crippen LogP contribution in [0, 0.1) is 0 Å². The zero-order chi connectivity index (χ0) is 82.2. The molecule has 532 valence electrons. The lowest BCUT2D eigenvalue weighted by atomic mass is 9.33. The second-order valence-electron chi connectivity index (χ2n) is 33.3. The van der Waals surface area contributed by atoms with E-state index in [1.54, 1.807) is 4.57 Å². The van der Waals surface area contributed by atoms with E-state index in [1.165, 1.54) is 33.2 Å². The van der Waals surface area contributed by atoms with E-state index in [9.17, 15) is 8.22 Å². The van der Waals surface area contributed by atoms with Crippen LogP contribution >= 0.6 is 0 Å². The number of anilines is 6. The summed E-state index contributed by atoms with van der Waals surface area (Å²) in [6.07, 6.45) is 0. The summed E-state index contributed by atoms with van der Waals surface area (Å²) in [7, 11) is 0. The standard InChI is InChI=1S/C107H86BN3/c1-104(2,3)78-62-87(70-35-15-10-16-36-70)102(88(63-78)71-37-17-11-18-38-71)110-96-61-75(82-49-33-50-86-83-46-27-30-51-91(83)107(100(82)86,76-44-23-14-24-45-76)77-56-54-69-34-25-26-43-74(69)60-77)55-58-92(96)108-93-59-57-81(109-94-52-31-28-47-84(94)85-48-29-32-53-95(85)109)68-97(93)111(99-67-80(106(7,8)9)66-98(110)101(99)108)103-89(72-39-19-12-20-40-72)64-79(105(4,5)6)65-90(103)73-41-21-13-22-42-73/h10-68H,1-9H3/i28D,29D,31D,32D,47D,48D,52D,53D. The van der Waals surface area contributed by atoms with Gasteiger partial charge in [0, 0.05) is 61.5 Å². The van der Waals surface area contributed by atoms with E-state index in [0.717, 1.165) is 134 Å². The Labute approximate surface area is 664 Å². The summed E-state index contributed by atoms with van der Waals surface area (Å²) in [5.74, 6) is 0. The first kappa shape index (κ1) is 59.2. The molecule has 2 aliphatic heterocycles. The second kappa shape index (κ2) is 25.7. The predicted molar refractivity (Wildman–Crippen MR) is 473 cm³/mol. The largest absolute Gasteiger partial charge is 0.310 e. The lowest BCUT2D eigenvalue weighted by Gasteiger charge is -2.47. The molecule has 3 aliphatic rings. The minimum atomic E-state index is -0.804. The minimum Gasteiger partial charge on any atom is -0.310 e. The van der Waals surface area contributed by atoms with Gasteiger partial charge in [-0.15, -0.1) is 0 Å². The Morgan fingerprint density at radius 3 is 1.24 bits per heavy atom. The first-order valence-corrected chi connectivity index (χ1v) is 38.8. The maximum absolute atomic E-state index is 9.95. The van der Waals surface area contributed by atoms with Crippen LogP contribution in [0.2, 0.25) is 0 Å². The molecule has 17 aromatic rings. The zero-order valence-electron chi connectivity index (χ0n) is 71.9. The average molecular weight is 1430 g/mol. The van der Waals surface area contributed by atoms with Gasteiger partial charge in [-0.2, -0.15) is 0 Å². The highest BCUT2D eigenvalue weighted by Crippen LogP contribution is 2.61. The molecule has 0 N–H and O–H groups in total. The first-order chi connectivity index (χ1) is 57.3.